The van der Waals surface area contributed by atoms with Crippen molar-refractivity contribution in [2.75, 3.05) is 0 Å². The summed E-state index contributed by atoms with van der Waals surface area (Å²) >= 11 is 0. The van der Waals surface area contributed by atoms with Crippen molar-refractivity contribution >= 4 is 0 Å². The van der Waals surface area contributed by atoms with Gasteiger partial charge in [-0.25, -0.2) is 0 Å². The highest BCUT2D eigenvalue weighted by Gasteiger charge is 2.53. The first kappa shape index (κ1) is 3.35. The van der Waals surface area contributed by atoms with Gasteiger partial charge in [0.2, 0.25) is 0 Å². The van der Waals surface area contributed by atoms with Crippen molar-refractivity contribution in [3.8, 4) is 11.8 Å². The van der Waals surface area contributed by atoms with E-state index in [1.54, 1.807) is 5.57 Å². The van der Waals surface area contributed by atoms with Crippen LogP contribution >= 0.6 is 0 Å². The number of fused-ring (bicyclic) bond motifs is 1. The van der Waals surface area contributed by atoms with Crippen LogP contribution in [0.3, 0.4) is 0 Å². The van der Waals surface area contributed by atoms with Gasteiger partial charge in [-0.05, 0) is 18.4 Å². The maximum atomic E-state index is 3.28. The predicted octanol–water partition coefficient (Wildman–Crippen LogP) is 1.48. The van der Waals surface area contributed by atoms with Crippen molar-refractivity contribution in [2.24, 2.45) is 5.41 Å². The zero-order chi connectivity index (χ0) is 5.19. The highest BCUT2D eigenvalue weighted by molar-refractivity contribution is 5.64. The smallest absolute Gasteiger partial charge is 0.0543 e. The summed E-state index contributed by atoms with van der Waals surface area (Å²) in [5.74, 6) is 6.46. The number of rotatable bonds is 0. The molecule has 0 amide bonds. The minimum atomic E-state index is 0.495. The molecule has 0 heteroatoms. The van der Waals surface area contributed by atoms with Gasteiger partial charge >= 0.3 is 0 Å². The summed E-state index contributed by atoms with van der Waals surface area (Å²) in [6, 6.07) is 0. The van der Waals surface area contributed by atoms with E-state index in [0.29, 0.717) is 5.41 Å². The molecule has 8 heavy (non-hydrogen) atoms. The maximum Gasteiger partial charge on any atom is 0.0543 e. The van der Waals surface area contributed by atoms with Gasteiger partial charge in [-0.2, -0.15) is 0 Å². The highest BCUT2D eigenvalue weighted by atomic mass is 14.5. The van der Waals surface area contributed by atoms with Crippen LogP contribution in [0.25, 0.3) is 0 Å². The van der Waals surface area contributed by atoms with E-state index in [1.807, 2.05) is 0 Å². The predicted molar refractivity (Wildman–Crippen MR) is 31.1 cm³/mol. The third kappa shape index (κ3) is 0.197. The Labute approximate surface area is 48.6 Å². The fourth-order valence-electron chi connectivity index (χ4n) is 1.53. The summed E-state index contributed by atoms with van der Waals surface area (Å²) in [5.41, 5.74) is 3.63. The molecule has 0 bridgehead atoms. The minimum Gasteiger partial charge on any atom is -0.0869 e. The second kappa shape index (κ2) is 0.666. The lowest BCUT2D eigenvalue weighted by molar-refractivity contribution is 0.852. The van der Waals surface area contributed by atoms with Gasteiger partial charge in [-0.1, -0.05) is 11.8 Å². The zero-order valence-corrected chi connectivity index (χ0v) is 4.62. The minimum absolute atomic E-state index is 0.495. The Morgan fingerprint density at radius 3 is 2.50 bits per heavy atom. The summed E-state index contributed by atoms with van der Waals surface area (Å²) in [4.78, 5) is 0. The summed E-state index contributed by atoms with van der Waals surface area (Å²) in [6.07, 6.45) is 3.99. The number of hydrogen-bond donors (Lipinski definition) is 0. The van der Waals surface area contributed by atoms with Crippen LogP contribution in [0.4, 0.5) is 0 Å². The van der Waals surface area contributed by atoms with E-state index >= 15 is 0 Å². The van der Waals surface area contributed by atoms with Crippen LogP contribution < -0.4 is 0 Å². The summed E-state index contributed by atoms with van der Waals surface area (Å²) in [6.45, 7) is 0. The molecule has 38 valence electrons. The molecule has 3 aliphatic rings. The van der Waals surface area contributed by atoms with E-state index in [1.165, 1.54) is 24.8 Å². The van der Waals surface area contributed by atoms with Gasteiger partial charge in [0, 0.05) is 12.0 Å². The average molecular weight is 102 g/mol. The molecule has 0 N–H and O–H groups in total. The largest absolute Gasteiger partial charge is 0.0869 e. The average Bonchev–Trinajstić information content (AvgIpc) is 2.46. The Bertz CT molecular complexity index is 253. The fourth-order valence-corrected chi connectivity index (χ4v) is 1.53. The van der Waals surface area contributed by atoms with Gasteiger partial charge in [0.05, 0.1) is 5.41 Å². The number of allylic oxidation sites excluding steroid dienone is 2. The summed E-state index contributed by atoms with van der Waals surface area (Å²) in [5, 5.41) is 0. The van der Waals surface area contributed by atoms with Gasteiger partial charge in [0.1, 0.15) is 0 Å². The van der Waals surface area contributed by atoms with Gasteiger partial charge in [-0.3, -0.25) is 0 Å². The molecule has 0 aromatic rings. The molecule has 0 radical (unpaired) electrons. The summed E-state index contributed by atoms with van der Waals surface area (Å²) < 4.78 is 0. The lowest BCUT2D eigenvalue weighted by Gasteiger charge is -1.94. The quantitative estimate of drug-likeness (QED) is 0.406. The Hall–Kier alpha value is -0.700. The van der Waals surface area contributed by atoms with Crippen LogP contribution in [0.1, 0.15) is 19.3 Å². The molecule has 0 atom stereocenters. The standard InChI is InChI=1S/C8H6/c1-2-8(3-4-8)7-5-6(1)7/h3-5H2. The van der Waals surface area contributed by atoms with Crippen molar-refractivity contribution in [2.45, 2.75) is 19.3 Å². The van der Waals surface area contributed by atoms with Crippen molar-refractivity contribution in [1.82, 2.24) is 0 Å². The van der Waals surface area contributed by atoms with Crippen LogP contribution in [-0.4, -0.2) is 0 Å². The SMILES string of the molecule is C1#CC2(CC2)C2=C1C2. The second-order valence-electron chi connectivity index (χ2n) is 2.97. The van der Waals surface area contributed by atoms with E-state index in [-0.39, 0.29) is 0 Å². The first-order chi connectivity index (χ1) is 3.91. The molecule has 3 rings (SSSR count). The van der Waals surface area contributed by atoms with Crippen LogP contribution in [0.15, 0.2) is 11.1 Å². The lowest BCUT2D eigenvalue weighted by atomic mass is 10.1. The molecular weight excluding hydrogens is 96.1 g/mol. The zero-order valence-electron chi connectivity index (χ0n) is 4.62. The first-order valence-electron chi connectivity index (χ1n) is 3.16. The third-order valence-corrected chi connectivity index (χ3v) is 2.37. The Morgan fingerprint density at radius 1 is 1.38 bits per heavy atom. The van der Waals surface area contributed by atoms with Gasteiger partial charge in [-0.15, -0.1) is 0 Å². The van der Waals surface area contributed by atoms with Crippen LogP contribution in [0.2, 0.25) is 0 Å². The third-order valence-electron chi connectivity index (χ3n) is 2.37. The van der Waals surface area contributed by atoms with Crippen molar-refractivity contribution in [3.63, 3.8) is 0 Å². The van der Waals surface area contributed by atoms with Crippen LogP contribution in [0, 0.1) is 17.3 Å². The molecule has 0 unspecified atom stereocenters. The molecular formula is C8H6. The monoisotopic (exact) mass is 102 g/mol. The first-order valence-corrected chi connectivity index (χ1v) is 3.16. The molecule has 1 fully saturated rings. The molecule has 0 nitrogen and oxygen atoms in total. The molecule has 3 aliphatic carbocycles. The maximum absolute atomic E-state index is 3.28. The Kier molecular flexibility index (Phi) is 0.279. The van der Waals surface area contributed by atoms with Crippen molar-refractivity contribution in [1.29, 1.82) is 0 Å². The topological polar surface area (TPSA) is 0 Å². The highest BCUT2D eigenvalue weighted by Crippen LogP contribution is 2.62. The van der Waals surface area contributed by atoms with Crippen molar-refractivity contribution in [3.05, 3.63) is 11.1 Å². The van der Waals surface area contributed by atoms with Gasteiger partial charge in [0.25, 0.3) is 0 Å². The summed E-state index contributed by atoms with van der Waals surface area (Å²) in [7, 11) is 0. The van der Waals surface area contributed by atoms with Crippen molar-refractivity contribution < 1.29 is 0 Å². The molecule has 1 saturated carbocycles. The van der Waals surface area contributed by atoms with E-state index in [9.17, 15) is 0 Å². The van der Waals surface area contributed by atoms with E-state index in [2.05, 4.69) is 11.8 Å². The molecule has 0 aromatic carbocycles. The normalized spacial score (nSPS) is 32.0. The van der Waals surface area contributed by atoms with Gasteiger partial charge in [0.15, 0.2) is 0 Å². The molecule has 0 heterocycles. The van der Waals surface area contributed by atoms with Crippen LogP contribution in [-0.2, 0) is 0 Å². The van der Waals surface area contributed by atoms with E-state index < -0.39 is 0 Å². The molecule has 0 saturated heterocycles. The molecule has 0 aromatic heterocycles. The Balaban J connectivity index is 2.29. The molecule has 1 spiro atoms. The lowest BCUT2D eigenvalue weighted by Crippen LogP contribution is -1.89. The number of hydrogen-bond acceptors (Lipinski definition) is 0. The molecule has 0 aliphatic heterocycles. The Morgan fingerprint density at radius 2 is 2.25 bits per heavy atom. The van der Waals surface area contributed by atoms with E-state index in [0.717, 1.165) is 0 Å². The second-order valence-corrected chi connectivity index (χ2v) is 2.97. The van der Waals surface area contributed by atoms with Gasteiger partial charge < -0.3 is 0 Å². The van der Waals surface area contributed by atoms with E-state index in [4.69, 9.17) is 0 Å². The van der Waals surface area contributed by atoms with Crippen LogP contribution in [0.5, 0.6) is 0 Å². The fraction of sp³-hybridized carbons (Fsp3) is 0.500.